The fourth-order valence-electron chi connectivity index (χ4n) is 2.54. The van der Waals surface area contributed by atoms with Gasteiger partial charge in [-0.3, -0.25) is 0 Å². The number of carbonyl (C=O) groups excluding carboxylic acids is 1. The van der Waals surface area contributed by atoms with Gasteiger partial charge in [-0.05, 0) is 44.5 Å². The molecule has 0 spiro atoms. The molecular formula is C16H25N3O2. The molecule has 1 aliphatic heterocycles. The van der Waals surface area contributed by atoms with Gasteiger partial charge in [0.05, 0.1) is 12.1 Å². The van der Waals surface area contributed by atoms with Crippen molar-refractivity contribution in [2.75, 3.05) is 18.5 Å². The van der Waals surface area contributed by atoms with Gasteiger partial charge in [-0.25, -0.2) is 4.79 Å². The van der Waals surface area contributed by atoms with Crippen molar-refractivity contribution in [3.05, 3.63) is 29.8 Å². The van der Waals surface area contributed by atoms with E-state index in [1.165, 1.54) is 5.56 Å². The smallest absolute Gasteiger partial charge is 0.319 e. The van der Waals surface area contributed by atoms with Gasteiger partial charge in [-0.1, -0.05) is 19.1 Å². The van der Waals surface area contributed by atoms with E-state index in [1.54, 1.807) is 0 Å². The minimum atomic E-state index is -0.176. The van der Waals surface area contributed by atoms with Crippen molar-refractivity contribution in [2.45, 2.75) is 45.4 Å². The predicted molar refractivity (Wildman–Crippen MR) is 84.5 cm³/mol. The van der Waals surface area contributed by atoms with Gasteiger partial charge in [-0.15, -0.1) is 0 Å². The number of amides is 2. The van der Waals surface area contributed by atoms with Crippen molar-refractivity contribution in [1.82, 2.24) is 10.6 Å². The van der Waals surface area contributed by atoms with E-state index in [0.29, 0.717) is 12.6 Å². The van der Waals surface area contributed by atoms with E-state index in [2.05, 4.69) is 29.8 Å². The summed E-state index contributed by atoms with van der Waals surface area (Å²) in [6.45, 7) is 7.84. The second-order valence-electron chi connectivity index (χ2n) is 5.47. The monoisotopic (exact) mass is 291 g/mol. The Morgan fingerprint density at radius 2 is 2.10 bits per heavy atom. The molecule has 1 fully saturated rings. The largest absolute Gasteiger partial charge is 0.376 e. The van der Waals surface area contributed by atoms with E-state index in [4.69, 9.17) is 4.74 Å². The van der Waals surface area contributed by atoms with Crippen LogP contribution in [0.3, 0.4) is 0 Å². The van der Waals surface area contributed by atoms with E-state index in [1.807, 2.05) is 31.2 Å². The van der Waals surface area contributed by atoms with Gasteiger partial charge in [-0.2, -0.15) is 0 Å². The standard InChI is InChI=1S/C16H25N3O2/c1-4-17-11(2)13-5-7-14(8-6-13)18-16(20)19-15-9-10-21-12(15)3/h5-8,11-12,15,17H,4,9-10H2,1-3H3,(H2,18,19,20). The highest BCUT2D eigenvalue weighted by Crippen LogP contribution is 2.16. The molecule has 1 aromatic rings. The number of urea groups is 1. The highest BCUT2D eigenvalue weighted by molar-refractivity contribution is 5.89. The molecule has 116 valence electrons. The Bertz CT molecular complexity index is 461. The molecule has 0 aromatic heterocycles. The molecule has 0 bridgehead atoms. The summed E-state index contributed by atoms with van der Waals surface area (Å²) in [6.07, 6.45) is 0.951. The first kappa shape index (κ1) is 15.8. The zero-order valence-corrected chi connectivity index (χ0v) is 13.0. The third-order valence-electron chi connectivity index (χ3n) is 3.87. The fraction of sp³-hybridized carbons (Fsp3) is 0.562. The van der Waals surface area contributed by atoms with Crippen LogP contribution in [0.4, 0.5) is 10.5 Å². The van der Waals surface area contributed by atoms with Gasteiger partial charge in [0.2, 0.25) is 0 Å². The van der Waals surface area contributed by atoms with Crippen molar-refractivity contribution in [3.63, 3.8) is 0 Å². The highest BCUT2D eigenvalue weighted by atomic mass is 16.5. The average molecular weight is 291 g/mol. The molecule has 1 saturated heterocycles. The first-order valence-corrected chi connectivity index (χ1v) is 7.62. The van der Waals surface area contributed by atoms with Gasteiger partial charge in [0, 0.05) is 18.3 Å². The third kappa shape index (κ3) is 4.44. The second-order valence-corrected chi connectivity index (χ2v) is 5.47. The molecule has 3 unspecified atom stereocenters. The van der Waals surface area contributed by atoms with E-state index < -0.39 is 0 Å². The van der Waals surface area contributed by atoms with Crippen LogP contribution in [0.15, 0.2) is 24.3 Å². The quantitative estimate of drug-likeness (QED) is 0.781. The van der Waals surface area contributed by atoms with Gasteiger partial charge in [0.1, 0.15) is 0 Å². The van der Waals surface area contributed by atoms with Crippen molar-refractivity contribution >= 4 is 11.7 Å². The van der Waals surface area contributed by atoms with Gasteiger partial charge in [0.25, 0.3) is 0 Å². The number of nitrogens with one attached hydrogen (secondary N) is 3. The molecule has 0 radical (unpaired) electrons. The summed E-state index contributed by atoms with van der Waals surface area (Å²) in [6, 6.07) is 8.15. The fourth-order valence-corrected chi connectivity index (χ4v) is 2.54. The first-order chi connectivity index (χ1) is 10.1. The third-order valence-corrected chi connectivity index (χ3v) is 3.87. The van der Waals surface area contributed by atoms with Crippen molar-refractivity contribution < 1.29 is 9.53 Å². The van der Waals surface area contributed by atoms with Gasteiger partial charge >= 0.3 is 6.03 Å². The topological polar surface area (TPSA) is 62.4 Å². The molecule has 5 nitrogen and oxygen atoms in total. The Morgan fingerprint density at radius 1 is 1.38 bits per heavy atom. The lowest BCUT2D eigenvalue weighted by Crippen LogP contribution is -2.41. The first-order valence-electron chi connectivity index (χ1n) is 7.62. The normalized spacial score (nSPS) is 22.8. The lowest BCUT2D eigenvalue weighted by atomic mass is 10.1. The number of anilines is 1. The van der Waals surface area contributed by atoms with Crippen LogP contribution in [0.2, 0.25) is 0 Å². The number of benzene rings is 1. The van der Waals surface area contributed by atoms with Gasteiger partial charge < -0.3 is 20.7 Å². The SMILES string of the molecule is CCNC(C)c1ccc(NC(=O)NC2CCOC2C)cc1. The van der Waals surface area contributed by atoms with Crippen molar-refractivity contribution in [3.8, 4) is 0 Å². The Hall–Kier alpha value is -1.59. The predicted octanol–water partition coefficient (Wildman–Crippen LogP) is 2.66. The Kier molecular flexibility index (Phi) is 5.59. The molecule has 2 rings (SSSR count). The van der Waals surface area contributed by atoms with Crippen LogP contribution in [-0.4, -0.2) is 31.3 Å². The molecule has 1 heterocycles. The average Bonchev–Trinajstić information content (AvgIpc) is 2.85. The summed E-state index contributed by atoms with van der Waals surface area (Å²) < 4.78 is 5.43. The number of rotatable bonds is 5. The Morgan fingerprint density at radius 3 is 2.67 bits per heavy atom. The maximum absolute atomic E-state index is 11.9. The second kappa shape index (κ2) is 7.43. The number of ether oxygens (including phenoxy) is 1. The number of hydrogen-bond acceptors (Lipinski definition) is 3. The van der Waals surface area contributed by atoms with Crippen LogP contribution in [0.25, 0.3) is 0 Å². The highest BCUT2D eigenvalue weighted by Gasteiger charge is 2.25. The van der Waals surface area contributed by atoms with E-state index in [0.717, 1.165) is 18.7 Å². The molecule has 1 aromatic carbocycles. The van der Waals surface area contributed by atoms with Crippen LogP contribution in [0.5, 0.6) is 0 Å². The molecule has 0 aliphatic carbocycles. The van der Waals surface area contributed by atoms with Crippen molar-refractivity contribution in [2.24, 2.45) is 0 Å². The van der Waals surface area contributed by atoms with E-state index in [-0.39, 0.29) is 18.2 Å². The van der Waals surface area contributed by atoms with Crippen molar-refractivity contribution in [1.29, 1.82) is 0 Å². The Labute approximate surface area is 126 Å². The lowest BCUT2D eigenvalue weighted by molar-refractivity contribution is 0.114. The summed E-state index contributed by atoms with van der Waals surface area (Å²) in [7, 11) is 0. The molecular weight excluding hydrogens is 266 g/mol. The molecule has 1 aliphatic rings. The number of carbonyl (C=O) groups is 1. The summed E-state index contributed by atoms with van der Waals surface area (Å²) >= 11 is 0. The minimum Gasteiger partial charge on any atom is -0.376 e. The molecule has 5 heteroatoms. The van der Waals surface area contributed by atoms with Crippen LogP contribution < -0.4 is 16.0 Å². The summed E-state index contributed by atoms with van der Waals surface area (Å²) in [5.74, 6) is 0. The maximum Gasteiger partial charge on any atom is 0.319 e. The van der Waals surface area contributed by atoms with Crippen LogP contribution in [0, 0.1) is 0 Å². The molecule has 3 N–H and O–H groups in total. The van der Waals surface area contributed by atoms with Crippen LogP contribution >= 0.6 is 0 Å². The molecule has 2 amide bonds. The van der Waals surface area contributed by atoms with E-state index >= 15 is 0 Å². The van der Waals surface area contributed by atoms with Gasteiger partial charge in [0.15, 0.2) is 0 Å². The molecule has 3 atom stereocenters. The summed E-state index contributed by atoms with van der Waals surface area (Å²) in [5, 5.41) is 9.17. The summed E-state index contributed by atoms with van der Waals surface area (Å²) in [5.41, 5.74) is 2.01. The zero-order chi connectivity index (χ0) is 15.2. The molecule has 21 heavy (non-hydrogen) atoms. The minimum absolute atomic E-state index is 0.0825. The Balaban J connectivity index is 1.86. The van der Waals surface area contributed by atoms with E-state index in [9.17, 15) is 4.79 Å². The number of hydrogen-bond donors (Lipinski definition) is 3. The van der Waals surface area contributed by atoms with Crippen LogP contribution in [-0.2, 0) is 4.74 Å². The lowest BCUT2D eigenvalue weighted by Gasteiger charge is -2.17. The molecule has 0 saturated carbocycles. The maximum atomic E-state index is 11.9. The van der Waals surface area contributed by atoms with Crippen LogP contribution in [0.1, 0.15) is 38.8 Å². The zero-order valence-electron chi connectivity index (χ0n) is 13.0. The summed E-state index contributed by atoms with van der Waals surface area (Å²) in [4.78, 5) is 11.9.